The molecular formula is C20H42. The third-order valence-corrected chi connectivity index (χ3v) is 4.87. The van der Waals surface area contributed by atoms with E-state index >= 15 is 0 Å². The number of unbranched alkanes of at least 4 members (excludes halogenated alkanes) is 6. The van der Waals surface area contributed by atoms with Crippen LogP contribution < -0.4 is 0 Å². The second kappa shape index (κ2) is 15.4. The van der Waals surface area contributed by atoms with Crippen LogP contribution in [-0.4, -0.2) is 0 Å². The average molecular weight is 283 g/mol. The summed E-state index contributed by atoms with van der Waals surface area (Å²) in [6.07, 6.45) is 20.2. The van der Waals surface area contributed by atoms with Gasteiger partial charge in [0.1, 0.15) is 0 Å². The fraction of sp³-hybridized carbons (Fsp3) is 1.00. The van der Waals surface area contributed by atoms with Gasteiger partial charge >= 0.3 is 0 Å². The van der Waals surface area contributed by atoms with Crippen LogP contribution in [-0.2, 0) is 0 Å². The Balaban J connectivity index is 3.90. The molecule has 0 rings (SSSR count). The quantitative estimate of drug-likeness (QED) is 0.269. The van der Waals surface area contributed by atoms with Gasteiger partial charge in [0.05, 0.1) is 0 Å². The van der Waals surface area contributed by atoms with Crippen LogP contribution in [0, 0.1) is 11.8 Å². The third kappa shape index (κ3) is 11.8. The van der Waals surface area contributed by atoms with E-state index in [0.717, 1.165) is 11.8 Å². The molecule has 0 amide bonds. The largest absolute Gasteiger partial charge is 0.0654 e. The van der Waals surface area contributed by atoms with Crippen LogP contribution in [0.2, 0.25) is 0 Å². The standard InChI is InChI=1S/C20H42/c1-5-9-11-13-16-19(8-4)18-20(15-7-3)17-14-12-10-6-2/h19-20H,5-18H2,1-4H3. The molecule has 0 aliphatic rings. The van der Waals surface area contributed by atoms with E-state index in [1.807, 2.05) is 0 Å². The van der Waals surface area contributed by atoms with E-state index in [0.29, 0.717) is 0 Å². The fourth-order valence-corrected chi connectivity index (χ4v) is 3.47. The molecular weight excluding hydrogens is 240 g/mol. The topological polar surface area (TPSA) is 0 Å². The highest BCUT2D eigenvalue weighted by atomic mass is 14.2. The maximum atomic E-state index is 2.41. The minimum Gasteiger partial charge on any atom is -0.0654 e. The first-order chi connectivity index (χ1) is 9.78. The van der Waals surface area contributed by atoms with Gasteiger partial charge in [0, 0.05) is 0 Å². The minimum atomic E-state index is 1.01. The lowest BCUT2D eigenvalue weighted by atomic mass is 9.83. The summed E-state index contributed by atoms with van der Waals surface area (Å²) in [7, 11) is 0. The van der Waals surface area contributed by atoms with E-state index < -0.39 is 0 Å². The van der Waals surface area contributed by atoms with E-state index in [9.17, 15) is 0 Å². The fourth-order valence-electron chi connectivity index (χ4n) is 3.47. The van der Waals surface area contributed by atoms with Gasteiger partial charge in [-0.25, -0.2) is 0 Å². The van der Waals surface area contributed by atoms with Crippen molar-refractivity contribution in [1.82, 2.24) is 0 Å². The van der Waals surface area contributed by atoms with Gasteiger partial charge in [-0.15, -0.1) is 0 Å². The molecule has 0 aromatic heterocycles. The van der Waals surface area contributed by atoms with Gasteiger partial charge in [-0.3, -0.25) is 0 Å². The van der Waals surface area contributed by atoms with E-state index in [2.05, 4.69) is 27.7 Å². The molecule has 0 radical (unpaired) electrons. The van der Waals surface area contributed by atoms with E-state index in [4.69, 9.17) is 0 Å². The lowest BCUT2D eigenvalue weighted by Gasteiger charge is -2.22. The molecule has 0 saturated carbocycles. The van der Waals surface area contributed by atoms with Crippen LogP contribution in [0.5, 0.6) is 0 Å². The van der Waals surface area contributed by atoms with E-state index in [-0.39, 0.29) is 0 Å². The van der Waals surface area contributed by atoms with Crippen molar-refractivity contribution < 1.29 is 0 Å². The molecule has 0 aromatic carbocycles. The van der Waals surface area contributed by atoms with Crippen molar-refractivity contribution in [3.8, 4) is 0 Å². The SMILES string of the molecule is CCCCCCC(CC)CC(CCC)CCCCCC. The summed E-state index contributed by atoms with van der Waals surface area (Å²) in [5.41, 5.74) is 0. The lowest BCUT2D eigenvalue weighted by molar-refractivity contribution is 0.299. The summed E-state index contributed by atoms with van der Waals surface area (Å²) in [6, 6.07) is 0. The Kier molecular flexibility index (Phi) is 15.4. The van der Waals surface area contributed by atoms with Crippen LogP contribution >= 0.6 is 0 Å². The van der Waals surface area contributed by atoms with Crippen molar-refractivity contribution >= 4 is 0 Å². The summed E-state index contributed by atoms with van der Waals surface area (Å²) >= 11 is 0. The van der Waals surface area contributed by atoms with Crippen LogP contribution in [0.1, 0.15) is 118 Å². The Morgan fingerprint density at radius 2 is 1.05 bits per heavy atom. The molecule has 2 unspecified atom stereocenters. The van der Waals surface area contributed by atoms with Gasteiger partial charge in [-0.05, 0) is 18.3 Å². The molecule has 0 saturated heterocycles. The molecule has 0 aliphatic carbocycles. The second-order valence-electron chi connectivity index (χ2n) is 6.86. The molecule has 20 heavy (non-hydrogen) atoms. The van der Waals surface area contributed by atoms with Gasteiger partial charge in [0.15, 0.2) is 0 Å². The normalized spacial score (nSPS) is 14.4. The lowest BCUT2D eigenvalue weighted by Crippen LogP contribution is -2.09. The van der Waals surface area contributed by atoms with Crippen LogP contribution in [0.4, 0.5) is 0 Å². The first kappa shape index (κ1) is 20.0. The molecule has 0 aromatic rings. The molecule has 0 fully saturated rings. The first-order valence-electron chi connectivity index (χ1n) is 9.78. The molecule has 0 spiro atoms. The van der Waals surface area contributed by atoms with Crippen LogP contribution in [0.3, 0.4) is 0 Å². The number of hydrogen-bond donors (Lipinski definition) is 0. The molecule has 0 heteroatoms. The van der Waals surface area contributed by atoms with Crippen LogP contribution in [0.15, 0.2) is 0 Å². The molecule has 0 N–H and O–H groups in total. The van der Waals surface area contributed by atoms with Gasteiger partial charge in [-0.2, -0.15) is 0 Å². The Hall–Kier alpha value is 0. The zero-order valence-electron chi connectivity index (χ0n) is 15.1. The van der Waals surface area contributed by atoms with Crippen molar-refractivity contribution in [2.75, 3.05) is 0 Å². The zero-order valence-corrected chi connectivity index (χ0v) is 15.1. The molecule has 0 aliphatic heterocycles. The molecule has 122 valence electrons. The summed E-state index contributed by atoms with van der Waals surface area (Å²) in [5, 5.41) is 0. The molecule has 0 bridgehead atoms. The minimum absolute atomic E-state index is 1.01. The Morgan fingerprint density at radius 1 is 0.500 bits per heavy atom. The average Bonchev–Trinajstić information content (AvgIpc) is 2.46. The molecule has 0 heterocycles. The predicted octanol–water partition coefficient (Wildman–Crippen LogP) is 7.76. The third-order valence-electron chi connectivity index (χ3n) is 4.87. The number of rotatable bonds is 15. The summed E-state index contributed by atoms with van der Waals surface area (Å²) < 4.78 is 0. The van der Waals surface area contributed by atoms with Crippen LogP contribution in [0.25, 0.3) is 0 Å². The van der Waals surface area contributed by atoms with Crippen molar-refractivity contribution in [3.63, 3.8) is 0 Å². The van der Waals surface area contributed by atoms with Gasteiger partial charge in [-0.1, -0.05) is 111 Å². The summed E-state index contributed by atoms with van der Waals surface area (Å²) in [6.45, 7) is 9.39. The maximum Gasteiger partial charge on any atom is -0.0412 e. The van der Waals surface area contributed by atoms with Gasteiger partial charge in [0.25, 0.3) is 0 Å². The first-order valence-corrected chi connectivity index (χ1v) is 9.78. The molecule has 2 atom stereocenters. The smallest absolute Gasteiger partial charge is 0.0412 e. The van der Waals surface area contributed by atoms with E-state index in [1.54, 1.807) is 0 Å². The van der Waals surface area contributed by atoms with Crippen molar-refractivity contribution in [2.45, 2.75) is 118 Å². The summed E-state index contributed by atoms with van der Waals surface area (Å²) in [4.78, 5) is 0. The van der Waals surface area contributed by atoms with Crippen molar-refractivity contribution in [1.29, 1.82) is 0 Å². The Labute approximate surface area is 130 Å². The second-order valence-corrected chi connectivity index (χ2v) is 6.86. The molecule has 0 nitrogen and oxygen atoms in total. The summed E-state index contributed by atoms with van der Waals surface area (Å²) in [5.74, 6) is 2.03. The highest BCUT2D eigenvalue weighted by Gasteiger charge is 2.14. The van der Waals surface area contributed by atoms with Crippen molar-refractivity contribution in [3.05, 3.63) is 0 Å². The van der Waals surface area contributed by atoms with E-state index in [1.165, 1.54) is 89.9 Å². The Bertz CT molecular complexity index is 173. The van der Waals surface area contributed by atoms with Gasteiger partial charge in [0.2, 0.25) is 0 Å². The zero-order chi connectivity index (χ0) is 15.1. The monoisotopic (exact) mass is 282 g/mol. The Morgan fingerprint density at radius 3 is 1.50 bits per heavy atom. The highest BCUT2D eigenvalue weighted by molar-refractivity contribution is 4.67. The highest BCUT2D eigenvalue weighted by Crippen LogP contribution is 2.28. The predicted molar refractivity (Wildman–Crippen MR) is 94.3 cm³/mol. The number of hydrogen-bond acceptors (Lipinski definition) is 0. The van der Waals surface area contributed by atoms with Gasteiger partial charge < -0.3 is 0 Å². The van der Waals surface area contributed by atoms with Crippen molar-refractivity contribution in [2.24, 2.45) is 11.8 Å². The maximum absolute atomic E-state index is 2.41.